The summed E-state index contributed by atoms with van der Waals surface area (Å²) in [4.78, 5) is 0. The van der Waals surface area contributed by atoms with E-state index in [0.29, 0.717) is 6.10 Å². The highest BCUT2D eigenvalue weighted by atomic mass is 16.5. The Morgan fingerprint density at radius 2 is 1.93 bits per heavy atom. The Hall–Kier alpha value is -0.980. The fraction of sp³-hybridized carbons (Fsp3) is 0.571. The second-order valence-corrected chi connectivity index (χ2v) is 4.18. The molecule has 0 aromatic carbocycles. The van der Waals surface area contributed by atoms with Gasteiger partial charge in [-0.3, -0.25) is 0 Å². The van der Waals surface area contributed by atoms with E-state index >= 15 is 0 Å². The zero-order valence-corrected chi connectivity index (χ0v) is 9.74. The van der Waals surface area contributed by atoms with E-state index < -0.39 is 0 Å². The van der Waals surface area contributed by atoms with E-state index in [-0.39, 0.29) is 0 Å². The standard InChI is InChI=1S/C14H22O/c1-4-7-13(6-3)15-14-10-8-12(5-2)9-11-14/h4,6-7,12,14H,1,3,5,8-11H2,2H3. The first-order valence-corrected chi connectivity index (χ1v) is 5.92. The largest absolute Gasteiger partial charge is 0.490 e. The molecular formula is C14H22O. The number of ether oxygens (including phenoxy) is 1. The highest BCUT2D eigenvalue weighted by Gasteiger charge is 2.20. The molecule has 1 heteroatoms. The maximum atomic E-state index is 5.85. The number of hydrogen-bond acceptors (Lipinski definition) is 1. The van der Waals surface area contributed by atoms with Gasteiger partial charge in [0.15, 0.2) is 0 Å². The maximum Gasteiger partial charge on any atom is 0.119 e. The lowest BCUT2D eigenvalue weighted by molar-refractivity contribution is 0.0736. The average molecular weight is 206 g/mol. The van der Waals surface area contributed by atoms with E-state index in [1.54, 1.807) is 12.2 Å². The Bertz CT molecular complexity index is 232. The van der Waals surface area contributed by atoms with E-state index in [4.69, 9.17) is 4.74 Å². The van der Waals surface area contributed by atoms with Crippen LogP contribution in [0.4, 0.5) is 0 Å². The average Bonchev–Trinajstić information content (AvgIpc) is 2.29. The van der Waals surface area contributed by atoms with Gasteiger partial charge in [-0.05, 0) is 43.8 Å². The number of rotatable bonds is 5. The van der Waals surface area contributed by atoms with Gasteiger partial charge in [-0.1, -0.05) is 32.6 Å². The topological polar surface area (TPSA) is 9.23 Å². The Morgan fingerprint density at radius 3 is 2.40 bits per heavy atom. The first-order chi connectivity index (χ1) is 7.30. The van der Waals surface area contributed by atoms with Crippen molar-refractivity contribution in [3.63, 3.8) is 0 Å². The van der Waals surface area contributed by atoms with Crippen LogP contribution in [0.3, 0.4) is 0 Å². The Morgan fingerprint density at radius 1 is 1.27 bits per heavy atom. The van der Waals surface area contributed by atoms with E-state index in [1.165, 1.54) is 32.1 Å². The number of allylic oxidation sites excluding steroid dienone is 3. The van der Waals surface area contributed by atoms with Gasteiger partial charge in [0.2, 0.25) is 0 Å². The van der Waals surface area contributed by atoms with Gasteiger partial charge in [-0.25, -0.2) is 0 Å². The highest BCUT2D eigenvalue weighted by Crippen LogP contribution is 2.29. The SMILES string of the molecule is C=CC=C(C=C)OC1CCC(CC)CC1. The van der Waals surface area contributed by atoms with E-state index in [9.17, 15) is 0 Å². The molecule has 1 aliphatic carbocycles. The van der Waals surface area contributed by atoms with Crippen molar-refractivity contribution in [3.05, 3.63) is 37.1 Å². The van der Waals surface area contributed by atoms with Gasteiger partial charge < -0.3 is 4.74 Å². The van der Waals surface area contributed by atoms with Gasteiger partial charge in [0, 0.05) is 0 Å². The van der Waals surface area contributed by atoms with Crippen LogP contribution in [0.25, 0.3) is 0 Å². The molecule has 0 radical (unpaired) electrons. The lowest BCUT2D eigenvalue weighted by Gasteiger charge is -2.28. The number of hydrogen-bond donors (Lipinski definition) is 0. The quantitative estimate of drug-likeness (QED) is 0.483. The summed E-state index contributed by atoms with van der Waals surface area (Å²) < 4.78 is 5.85. The molecule has 15 heavy (non-hydrogen) atoms. The molecule has 0 atom stereocenters. The summed E-state index contributed by atoms with van der Waals surface area (Å²) in [5.74, 6) is 1.77. The van der Waals surface area contributed by atoms with Crippen LogP contribution in [-0.2, 0) is 4.74 Å². The van der Waals surface area contributed by atoms with E-state index in [2.05, 4.69) is 20.1 Å². The van der Waals surface area contributed by atoms with Crippen molar-refractivity contribution in [2.45, 2.75) is 45.1 Å². The highest BCUT2D eigenvalue weighted by molar-refractivity contribution is 5.15. The summed E-state index contributed by atoms with van der Waals surface area (Å²) in [6, 6.07) is 0. The molecule has 0 unspecified atom stereocenters. The molecule has 1 saturated carbocycles. The summed E-state index contributed by atoms with van der Waals surface area (Å²) in [6.07, 6.45) is 12.0. The molecule has 0 saturated heterocycles. The summed E-state index contributed by atoms with van der Waals surface area (Å²) in [5, 5.41) is 0. The minimum Gasteiger partial charge on any atom is -0.490 e. The lowest BCUT2D eigenvalue weighted by atomic mass is 9.86. The third-order valence-electron chi connectivity index (χ3n) is 3.16. The van der Waals surface area contributed by atoms with Crippen LogP contribution >= 0.6 is 0 Å². The molecule has 0 spiro atoms. The molecule has 1 nitrogen and oxygen atoms in total. The molecule has 0 aliphatic heterocycles. The second-order valence-electron chi connectivity index (χ2n) is 4.18. The zero-order valence-electron chi connectivity index (χ0n) is 9.74. The molecule has 1 rings (SSSR count). The summed E-state index contributed by atoms with van der Waals surface area (Å²) in [7, 11) is 0. The van der Waals surface area contributed by atoms with E-state index in [0.717, 1.165) is 11.7 Å². The van der Waals surface area contributed by atoms with Crippen molar-refractivity contribution in [2.75, 3.05) is 0 Å². The van der Waals surface area contributed by atoms with Crippen LogP contribution in [-0.4, -0.2) is 6.10 Å². The Labute approximate surface area is 93.5 Å². The van der Waals surface area contributed by atoms with Crippen molar-refractivity contribution in [3.8, 4) is 0 Å². The van der Waals surface area contributed by atoms with Gasteiger partial charge in [0.1, 0.15) is 5.76 Å². The van der Waals surface area contributed by atoms with Crippen LogP contribution in [0, 0.1) is 5.92 Å². The van der Waals surface area contributed by atoms with Crippen LogP contribution in [0.15, 0.2) is 37.1 Å². The smallest absolute Gasteiger partial charge is 0.119 e. The van der Waals surface area contributed by atoms with Gasteiger partial charge in [-0.15, -0.1) is 0 Å². The van der Waals surface area contributed by atoms with Crippen molar-refractivity contribution >= 4 is 0 Å². The van der Waals surface area contributed by atoms with Crippen molar-refractivity contribution in [2.24, 2.45) is 5.92 Å². The second kappa shape index (κ2) is 6.49. The first kappa shape index (κ1) is 12.1. The summed E-state index contributed by atoms with van der Waals surface area (Å²) in [6.45, 7) is 9.67. The molecule has 0 aromatic rings. The van der Waals surface area contributed by atoms with Gasteiger partial charge in [0.25, 0.3) is 0 Å². The molecule has 1 aliphatic rings. The predicted molar refractivity (Wildman–Crippen MR) is 65.6 cm³/mol. The molecule has 1 fully saturated rings. The molecule has 0 N–H and O–H groups in total. The molecule has 0 heterocycles. The molecule has 0 aromatic heterocycles. The summed E-state index contributed by atoms with van der Waals surface area (Å²) >= 11 is 0. The minimum atomic E-state index is 0.386. The first-order valence-electron chi connectivity index (χ1n) is 5.92. The normalized spacial score (nSPS) is 27.1. The van der Waals surface area contributed by atoms with E-state index in [1.807, 2.05) is 6.08 Å². The Kier molecular flexibility index (Phi) is 5.23. The van der Waals surface area contributed by atoms with Crippen LogP contribution in [0.1, 0.15) is 39.0 Å². The molecule has 0 bridgehead atoms. The molecule has 0 amide bonds. The van der Waals surface area contributed by atoms with Crippen LogP contribution < -0.4 is 0 Å². The molecule has 84 valence electrons. The lowest BCUT2D eigenvalue weighted by Crippen LogP contribution is -2.20. The fourth-order valence-corrected chi connectivity index (χ4v) is 2.12. The summed E-state index contributed by atoms with van der Waals surface area (Å²) in [5.41, 5.74) is 0. The monoisotopic (exact) mass is 206 g/mol. The zero-order chi connectivity index (χ0) is 11.1. The molecular weight excluding hydrogens is 184 g/mol. The van der Waals surface area contributed by atoms with Gasteiger partial charge >= 0.3 is 0 Å². The Balaban J connectivity index is 2.37. The van der Waals surface area contributed by atoms with Crippen LogP contribution in [0.2, 0.25) is 0 Å². The van der Waals surface area contributed by atoms with Crippen molar-refractivity contribution in [1.82, 2.24) is 0 Å². The van der Waals surface area contributed by atoms with Gasteiger partial charge in [0.05, 0.1) is 6.10 Å². The minimum absolute atomic E-state index is 0.386. The third kappa shape index (κ3) is 3.94. The van der Waals surface area contributed by atoms with Crippen LogP contribution in [0.5, 0.6) is 0 Å². The fourth-order valence-electron chi connectivity index (χ4n) is 2.12. The van der Waals surface area contributed by atoms with Crippen molar-refractivity contribution in [1.29, 1.82) is 0 Å². The third-order valence-corrected chi connectivity index (χ3v) is 3.16. The van der Waals surface area contributed by atoms with Gasteiger partial charge in [-0.2, -0.15) is 0 Å². The van der Waals surface area contributed by atoms with Crippen molar-refractivity contribution < 1.29 is 4.74 Å². The predicted octanol–water partition coefficient (Wildman–Crippen LogP) is 4.23. The maximum absolute atomic E-state index is 5.85.